The predicted molar refractivity (Wildman–Crippen MR) is 224 cm³/mol. The van der Waals surface area contributed by atoms with Crippen LogP contribution in [0.25, 0.3) is 0 Å². The van der Waals surface area contributed by atoms with Gasteiger partial charge in [-0.25, -0.2) is 4.79 Å². The number of hydrogen-bond acceptors (Lipinski definition) is 10. The number of carboxylic acids is 1. The maximum Gasteiger partial charge on any atom is 0.408 e. The summed E-state index contributed by atoms with van der Waals surface area (Å²) in [6.07, 6.45) is 4.16. The molecule has 0 saturated carbocycles. The smallest absolute Gasteiger partial charge is 0.408 e. The number of nitrogens with zero attached hydrogens (tertiary/aromatic N) is 2. The molecule has 2 bridgehead atoms. The Labute approximate surface area is 363 Å². The van der Waals surface area contributed by atoms with Crippen LogP contribution < -0.4 is 29.4 Å². The van der Waals surface area contributed by atoms with Crippen LogP contribution in [0.15, 0.2) is 109 Å². The van der Waals surface area contributed by atoms with Crippen molar-refractivity contribution in [2.45, 2.75) is 49.9 Å². The van der Waals surface area contributed by atoms with Gasteiger partial charge in [-0.05, 0) is 90.4 Å². The molecule has 0 spiro atoms. The number of methoxy groups -OCH3 is 2. The van der Waals surface area contributed by atoms with Crippen molar-refractivity contribution < 1.29 is 53.5 Å². The molecule has 15 heteroatoms. The number of alkyl carbamates (subject to hydrolysis) is 1. The van der Waals surface area contributed by atoms with Crippen LogP contribution in [-0.4, -0.2) is 73.7 Å². The maximum atomic E-state index is 13.4. The van der Waals surface area contributed by atoms with Crippen LogP contribution in [0.2, 0.25) is 10.0 Å². The van der Waals surface area contributed by atoms with Crippen molar-refractivity contribution in [1.82, 2.24) is 10.2 Å². The molecule has 13 nitrogen and oxygen atoms in total. The Bertz CT molecular complexity index is 2270. The first-order valence-corrected chi connectivity index (χ1v) is 20.4. The number of halogens is 2. The molecule has 4 heterocycles. The van der Waals surface area contributed by atoms with Crippen LogP contribution in [0.5, 0.6) is 17.2 Å². The SMILES string of the molecule is COc1ccc([C@@H](Cc2c(Cl)c[n+](O)cc2Cl)C(C(=O)[O-])c2cccc(COc3cccc([C@@H](NC(=O)O[C@H]4CN5CCC4CC5)c4ccccc4)c3)c2)cc1OC.O=CO. The molecule has 4 aromatic carbocycles. The van der Waals surface area contributed by atoms with E-state index in [0.29, 0.717) is 39.9 Å². The minimum Gasteiger partial charge on any atom is -0.549 e. The maximum absolute atomic E-state index is 13.4. The van der Waals surface area contributed by atoms with E-state index < -0.39 is 29.9 Å². The summed E-state index contributed by atoms with van der Waals surface area (Å²) in [5.41, 5.74) is 3.97. The highest BCUT2D eigenvalue weighted by molar-refractivity contribution is 6.35. The Kier molecular flexibility index (Phi) is 15.3. The molecule has 320 valence electrons. The zero-order valence-electron chi connectivity index (χ0n) is 33.6. The molecule has 1 unspecified atom stereocenters. The quantitative estimate of drug-likeness (QED) is 0.0590. The van der Waals surface area contributed by atoms with E-state index in [4.69, 9.17) is 52.1 Å². The molecule has 0 radical (unpaired) electrons. The number of aliphatic carboxylic acids is 1. The summed E-state index contributed by atoms with van der Waals surface area (Å²) in [6.45, 7) is 2.74. The largest absolute Gasteiger partial charge is 0.549 e. The molecular formula is C46H47Cl2N3O10. The second-order valence-electron chi connectivity index (χ2n) is 14.8. The van der Waals surface area contributed by atoms with Gasteiger partial charge in [0.05, 0.1) is 20.3 Å². The van der Waals surface area contributed by atoms with E-state index in [0.717, 1.165) is 53.9 Å². The number of carboxylic acid groups (broad SMARTS) is 2. The average molecular weight is 873 g/mol. The van der Waals surface area contributed by atoms with Crippen molar-refractivity contribution in [3.05, 3.63) is 153 Å². The molecule has 3 aliphatic heterocycles. The van der Waals surface area contributed by atoms with Crippen molar-refractivity contribution in [1.29, 1.82) is 0 Å². The van der Waals surface area contributed by atoms with Crippen LogP contribution in [0.4, 0.5) is 4.79 Å². The van der Waals surface area contributed by atoms with Gasteiger partial charge in [0, 0.05) is 34.6 Å². The van der Waals surface area contributed by atoms with Crippen LogP contribution >= 0.6 is 23.2 Å². The molecule has 1 amide bonds. The number of hydrogen-bond donors (Lipinski definition) is 3. The third-order valence-electron chi connectivity index (χ3n) is 11.1. The summed E-state index contributed by atoms with van der Waals surface area (Å²) in [5.74, 6) is -1.39. The number of aromatic nitrogens is 1. The Morgan fingerprint density at radius 3 is 2.16 bits per heavy atom. The first-order valence-electron chi connectivity index (χ1n) is 19.7. The summed E-state index contributed by atoms with van der Waals surface area (Å²) >= 11 is 13.1. The van der Waals surface area contributed by atoms with Gasteiger partial charge >= 0.3 is 6.09 Å². The molecule has 3 aliphatic rings. The predicted octanol–water partition coefficient (Wildman–Crippen LogP) is 6.59. The van der Waals surface area contributed by atoms with E-state index in [1.165, 1.54) is 26.6 Å². The molecule has 0 aliphatic carbocycles. The number of benzene rings is 4. The van der Waals surface area contributed by atoms with Gasteiger partial charge in [0.25, 0.3) is 6.47 Å². The molecule has 3 N–H and O–H groups in total. The zero-order valence-corrected chi connectivity index (χ0v) is 35.1. The van der Waals surface area contributed by atoms with Crippen LogP contribution in [0, 0.1) is 5.92 Å². The minimum atomic E-state index is -1.31. The lowest BCUT2D eigenvalue weighted by molar-refractivity contribution is -0.904. The van der Waals surface area contributed by atoms with Crippen molar-refractivity contribution in [2.24, 2.45) is 5.92 Å². The standard InChI is InChI=1S/C45H45Cl2N3O8.CH2O2/c1-55-39-15-14-31(22-40(39)56-2)35(23-36-37(46)24-50(54)25-38(36)47)42(44(51)52)32-11-6-8-28(20-32)27-57-34-13-7-12-33(21-34)43(30-9-4-3-5-10-30)48-45(53)58-41-26-49-18-16-29(41)17-19-49;2-1-3/h3-15,20-22,24-25,29,35,41-43H,16-19,23,26-27H2,1-2H3,(H2-,48,51,52,53,54);1H,(H,2,3)/t35-,41+,42?,43+;/m1./s1. The first kappa shape index (κ1) is 44.5. The number of piperidine rings is 3. The second-order valence-corrected chi connectivity index (χ2v) is 15.6. The number of carbonyl (C=O) groups excluding carboxylic acids is 2. The minimum absolute atomic E-state index is 0.0873. The number of ether oxygens (including phenoxy) is 4. The molecule has 3 saturated heterocycles. The third kappa shape index (κ3) is 11.2. The van der Waals surface area contributed by atoms with Gasteiger partial charge in [0.2, 0.25) is 12.4 Å². The molecule has 4 atom stereocenters. The molecule has 8 rings (SSSR count). The van der Waals surface area contributed by atoms with E-state index in [-0.39, 0.29) is 35.6 Å². The summed E-state index contributed by atoms with van der Waals surface area (Å²) in [6, 6.07) is 29.1. The van der Waals surface area contributed by atoms with E-state index >= 15 is 0 Å². The number of carbonyl (C=O) groups is 3. The van der Waals surface area contributed by atoms with Crippen molar-refractivity contribution >= 4 is 41.7 Å². The van der Waals surface area contributed by atoms with E-state index in [1.807, 2.05) is 60.7 Å². The Balaban J connectivity index is 0.00000201. The van der Waals surface area contributed by atoms with E-state index in [1.54, 1.807) is 36.4 Å². The summed E-state index contributed by atoms with van der Waals surface area (Å²) in [4.78, 5) is 37.3. The van der Waals surface area contributed by atoms with Crippen LogP contribution in [0.1, 0.15) is 64.1 Å². The van der Waals surface area contributed by atoms with Gasteiger partial charge in [0.1, 0.15) is 28.5 Å². The molecule has 5 aromatic rings. The lowest BCUT2D eigenvalue weighted by Crippen LogP contribution is -2.52. The fourth-order valence-corrected chi connectivity index (χ4v) is 8.77. The van der Waals surface area contributed by atoms with E-state index in [2.05, 4.69) is 10.2 Å². The van der Waals surface area contributed by atoms with Gasteiger partial charge in [-0.15, -0.1) is 0 Å². The summed E-state index contributed by atoms with van der Waals surface area (Å²) < 4.78 is 24.1. The second kappa shape index (κ2) is 21.0. The van der Waals surface area contributed by atoms with Crippen molar-refractivity contribution in [2.75, 3.05) is 33.9 Å². The fourth-order valence-electron chi connectivity index (χ4n) is 8.16. The average Bonchev–Trinajstić information content (AvgIpc) is 3.26. The lowest BCUT2D eigenvalue weighted by atomic mass is 9.77. The summed E-state index contributed by atoms with van der Waals surface area (Å²) in [7, 11) is 3.02. The number of pyridine rings is 1. The Morgan fingerprint density at radius 1 is 0.869 bits per heavy atom. The monoisotopic (exact) mass is 871 g/mol. The van der Waals surface area contributed by atoms with Gasteiger partial charge in [-0.1, -0.05) is 96.0 Å². The number of rotatable bonds is 15. The zero-order chi connectivity index (χ0) is 43.5. The van der Waals surface area contributed by atoms with Gasteiger partial charge in [0.15, 0.2) is 11.5 Å². The van der Waals surface area contributed by atoms with Crippen molar-refractivity contribution in [3.63, 3.8) is 0 Å². The molecule has 3 fully saturated rings. The van der Waals surface area contributed by atoms with Crippen LogP contribution in [-0.2, 0) is 27.4 Å². The molecule has 1 aromatic heterocycles. The number of fused-ring (bicyclic) bond motifs is 3. The van der Waals surface area contributed by atoms with Gasteiger partial charge in [-0.3, -0.25) is 14.9 Å². The van der Waals surface area contributed by atoms with E-state index in [9.17, 15) is 19.9 Å². The van der Waals surface area contributed by atoms with Crippen molar-refractivity contribution in [3.8, 4) is 17.2 Å². The Morgan fingerprint density at radius 2 is 1.52 bits per heavy atom. The highest BCUT2D eigenvalue weighted by Gasteiger charge is 2.37. The fraction of sp³-hybridized carbons (Fsp3) is 0.304. The number of nitrogens with one attached hydrogen (secondary N) is 1. The topological polar surface area (TPSA) is 171 Å². The normalized spacial score (nSPS) is 18.0. The van der Waals surface area contributed by atoms with Crippen LogP contribution in [0.3, 0.4) is 0 Å². The summed E-state index contributed by atoms with van der Waals surface area (Å²) in [5, 5.41) is 33.5. The molecular weight excluding hydrogens is 825 g/mol. The van der Waals surface area contributed by atoms with Gasteiger partial charge in [-0.2, -0.15) is 0 Å². The third-order valence-corrected chi connectivity index (χ3v) is 11.8. The highest BCUT2D eigenvalue weighted by Crippen LogP contribution is 2.42. The highest BCUT2D eigenvalue weighted by atomic mass is 35.5. The first-order chi connectivity index (χ1) is 29.5. The van der Waals surface area contributed by atoms with Gasteiger partial charge < -0.3 is 39.3 Å². The molecule has 61 heavy (non-hydrogen) atoms. The lowest BCUT2D eigenvalue weighted by Gasteiger charge is -2.43. The number of amides is 1. The Hall–Kier alpha value is -6.02.